The maximum absolute atomic E-state index is 2.36. The summed E-state index contributed by atoms with van der Waals surface area (Å²) in [7, 11) is 0. The van der Waals surface area contributed by atoms with Crippen molar-refractivity contribution in [1.29, 1.82) is 0 Å². The van der Waals surface area contributed by atoms with Crippen molar-refractivity contribution in [1.82, 2.24) is 0 Å². The van der Waals surface area contributed by atoms with Crippen molar-refractivity contribution < 1.29 is 0 Å². The van der Waals surface area contributed by atoms with Gasteiger partial charge in [0, 0.05) is 34.1 Å². The minimum absolute atomic E-state index is 1.10. The second kappa shape index (κ2) is 15.6. The Bertz CT molecular complexity index is 2950. The molecule has 0 radical (unpaired) electrons. The first-order valence-corrected chi connectivity index (χ1v) is 20.1. The van der Waals surface area contributed by atoms with E-state index in [9.17, 15) is 0 Å². The van der Waals surface area contributed by atoms with Crippen LogP contribution >= 0.6 is 0 Å². The van der Waals surface area contributed by atoms with Crippen LogP contribution in [0.25, 0.3) is 56.3 Å². The van der Waals surface area contributed by atoms with Gasteiger partial charge in [-0.25, -0.2) is 0 Å². The van der Waals surface area contributed by atoms with Crippen LogP contribution < -0.4 is 20.2 Å². The first-order valence-electron chi connectivity index (χ1n) is 20.1. The Hall–Kier alpha value is -7.42. The lowest BCUT2D eigenvalue weighted by molar-refractivity contribution is 1.11. The molecule has 9 aromatic rings. The van der Waals surface area contributed by atoms with E-state index in [1.807, 2.05) is 0 Å². The Morgan fingerprint density at radius 1 is 0.241 bits per heavy atom. The zero-order chi connectivity index (χ0) is 38.7. The molecule has 0 aliphatic heterocycles. The fraction of sp³-hybridized carbons (Fsp3) is 0.0357. The van der Waals surface area contributed by atoms with Gasteiger partial charge in [0.1, 0.15) is 0 Å². The Kier molecular flexibility index (Phi) is 9.43. The van der Waals surface area contributed by atoms with Gasteiger partial charge >= 0.3 is 0 Å². The molecule has 0 unspecified atom stereocenters. The molecule has 1 aliphatic rings. The summed E-state index contributed by atoms with van der Waals surface area (Å²) in [4.78, 5) is 4.67. The molecule has 2 heteroatoms. The molecule has 0 spiro atoms. The molecule has 9 aromatic carbocycles. The van der Waals surface area contributed by atoms with Crippen LogP contribution in [0.5, 0.6) is 0 Å². The van der Waals surface area contributed by atoms with Gasteiger partial charge in [0.05, 0.1) is 0 Å². The first-order chi connectivity index (χ1) is 28.7. The highest BCUT2D eigenvalue weighted by molar-refractivity contribution is 5.89. The smallest absolute Gasteiger partial charge is 0.0468 e. The molecule has 0 N–H and O–H groups in total. The largest absolute Gasteiger partial charge is 0.310 e. The van der Waals surface area contributed by atoms with Gasteiger partial charge in [0.2, 0.25) is 0 Å². The second-order valence-electron chi connectivity index (χ2n) is 14.9. The molecule has 58 heavy (non-hydrogen) atoms. The van der Waals surface area contributed by atoms with Gasteiger partial charge in [-0.1, -0.05) is 158 Å². The molecular weight excluding hydrogens is 701 g/mol. The van der Waals surface area contributed by atoms with E-state index < -0.39 is 0 Å². The van der Waals surface area contributed by atoms with Crippen LogP contribution in [0.3, 0.4) is 0 Å². The SMILES string of the molecule is C1=c2ccc(N(c3ccccc3)c3ccc(-c4ccc(-c5ccc(-c6ccc(N(c7ccccc7)c7ccc8ccccc8c7)cc6)cc5)cc4)cc3)cc2=CCC1. The Labute approximate surface area is 340 Å². The summed E-state index contributed by atoms with van der Waals surface area (Å²) in [6.07, 6.45) is 6.91. The highest BCUT2D eigenvalue weighted by Crippen LogP contribution is 2.38. The Balaban J connectivity index is 0.868. The van der Waals surface area contributed by atoms with Crippen molar-refractivity contribution in [3.63, 3.8) is 0 Å². The van der Waals surface area contributed by atoms with E-state index in [0.717, 1.165) is 41.3 Å². The fourth-order valence-electron chi connectivity index (χ4n) is 8.22. The Morgan fingerprint density at radius 3 is 1.07 bits per heavy atom. The lowest BCUT2D eigenvalue weighted by Crippen LogP contribution is -2.27. The van der Waals surface area contributed by atoms with Gasteiger partial charge < -0.3 is 9.80 Å². The number of anilines is 6. The highest BCUT2D eigenvalue weighted by atomic mass is 15.1. The normalized spacial score (nSPS) is 11.9. The molecule has 2 nitrogen and oxygen atoms in total. The highest BCUT2D eigenvalue weighted by Gasteiger charge is 2.15. The van der Waals surface area contributed by atoms with Crippen LogP contribution in [-0.2, 0) is 0 Å². The van der Waals surface area contributed by atoms with Gasteiger partial charge in [0.15, 0.2) is 0 Å². The van der Waals surface area contributed by atoms with Crippen molar-refractivity contribution in [2.24, 2.45) is 0 Å². The molecular formula is C56H42N2. The van der Waals surface area contributed by atoms with Crippen LogP contribution in [0.15, 0.2) is 218 Å². The van der Waals surface area contributed by atoms with E-state index in [-0.39, 0.29) is 0 Å². The molecule has 10 rings (SSSR count). The standard InChI is InChI=1S/C56H42N2/c1-3-15-51(16-4-1)57(55-37-31-41-11-7-9-13-49(41)39-55)53-33-27-47(28-34-53)45-23-19-43(20-24-45)44-21-25-46(26-22-44)48-29-35-54(36-30-48)58(52-17-5-2-6-18-52)56-38-32-42-12-8-10-14-50(42)40-56/h1-7,9,11-40H,8,10H2. The van der Waals surface area contributed by atoms with Gasteiger partial charge in [-0.05, 0) is 140 Å². The molecule has 0 fully saturated rings. The number of hydrogen-bond donors (Lipinski definition) is 0. The maximum Gasteiger partial charge on any atom is 0.0468 e. The molecule has 0 heterocycles. The number of rotatable bonds is 9. The van der Waals surface area contributed by atoms with E-state index in [1.54, 1.807) is 0 Å². The molecule has 1 aliphatic carbocycles. The van der Waals surface area contributed by atoms with Gasteiger partial charge in [0.25, 0.3) is 0 Å². The van der Waals surface area contributed by atoms with Gasteiger partial charge in [-0.2, -0.15) is 0 Å². The molecule has 0 saturated heterocycles. The monoisotopic (exact) mass is 742 g/mol. The first kappa shape index (κ1) is 35.0. The van der Waals surface area contributed by atoms with Crippen LogP contribution in [0.2, 0.25) is 0 Å². The Morgan fingerprint density at radius 2 is 0.586 bits per heavy atom. The van der Waals surface area contributed by atoms with Gasteiger partial charge in [-0.3, -0.25) is 0 Å². The molecule has 0 saturated carbocycles. The van der Waals surface area contributed by atoms with Crippen LogP contribution in [-0.4, -0.2) is 0 Å². The third kappa shape index (κ3) is 7.09. The molecule has 0 aromatic heterocycles. The predicted octanol–water partition coefficient (Wildman–Crippen LogP) is 14.1. The quantitative estimate of drug-likeness (QED) is 0.145. The predicted molar refractivity (Wildman–Crippen MR) is 247 cm³/mol. The third-order valence-electron chi connectivity index (χ3n) is 11.3. The average molecular weight is 743 g/mol. The lowest BCUT2D eigenvalue weighted by atomic mass is 9.97. The van der Waals surface area contributed by atoms with Crippen LogP contribution in [0, 0.1) is 0 Å². The van der Waals surface area contributed by atoms with Crippen LogP contribution in [0.4, 0.5) is 34.1 Å². The number of fused-ring (bicyclic) bond motifs is 2. The second-order valence-corrected chi connectivity index (χ2v) is 14.9. The topological polar surface area (TPSA) is 6.48 Å². The third-order valence-corrected chi connectivity index (χ3v) is 11.3. The van der Waals surface area contributed by atoms with E-state index in [4.69, 9.17) is 0 Å². The summed E-state index contributed by atoms with van der Waals surface area (Å²) >= 11 is 0. The summed E-state index contributed by atoms with van der Waals surface area (Å²) in [5.74, 6) is 0. The van der Waals surface area contributed by atoms with Crippen LogP contribution in [0.1, 0.15) is 12.8 Å². The summed E-state index contributed by atoms with van der Waals surface area (Å²) < 4.78 is 0. The van der Waals surface area contributed by atoms with E-state index in [2.05, 4.69) is 240 Å². The summed E-state index contributed by atoms with van der Waals surface area (Å²) in [5, 5.41) is 5.11. The average Bonchev–Trinajstić information content (AvgIpc) is 3.30. The molecule has 0 amide bonds. The number of para-hydroxylation sites is 2. The van der Waals surface area contributed by atoms with Crippen molar-refractivity contribution in [2.75, 3.05) is 9.80 Å². The molecule has 276 valence electrons. The minimum atomic E-state index is 1.10. The molecule has 0 bridgehead atoms. The number of benzene rings is 9. The van der Waals surface area contributed by atoms with E-state index >= 15 is 0 Å². The zero-order valence-corrected chi connectivity index (χ0v) is 32.2. The lowest BCUT2D eigenvalue weighted by Gasteiger charge is -2.26. The fourth-order valence-corrected chi connectivity index (χ4v) is 8.22. The minimum Gasteiger partial charge on any atom is -0.310 e. The van der Waals surface area contributed by atoms with Crippen molar-refractivity contribution in [2.45, 2.75) is 12.8 Å². The number of nitrogens with zero attached hydrogens (tertiary/aromatic N) is 2. The van der Waals surface area contributed by atoms with Gasteiger partial charge in [-0.15, -0.1) is 0 Å². The van der Waals surface area contributed by atoms with Crippen molar-refractivity contribution in [3.8, 4) is 33.4 Å². The van der Waals surface area contributed by atoms with E-state index in [1.165, 1.54) is 60.3 Å². The van der Waals surface area contributed by atoms with E-state index in [0.29, 0.717) is 0 Å². The summed E-state index contributed by atoms with van der Waals surface area (Å²) in [6, 6.07) is 79.0. The maximum atomic E-state index is 2.36. The van der Waals surface area contributed by atoms with Crippen molar-refractivity contribution >= 4 is 57.0 Å². The zero-order valence-electron chi connectivity index (χ0n) is 32.2. The molecule has 0 atom stereocenters. The van der Waals surface area contributed by atoms with Crippen molar-refractivity contribution in [3.05, 3.63) is 229 Å². The number of hydrogen-bond acceptors (Lipinski definition) is 2. The summed E-state index contributed by atoms with van der Waals surface area (Å²) in [5.41, 5.74) is 14.0. The summed E-state index contributed by atoms with van der Waals surface area (Å²) in [6.45, 7) is 0.